The van der Waals surface area contributed by atoms with Crippen LogP contribution in [0.4, 0.5) is 0 Å². The fourth-order valence-electron chi connectivity index (χ4n) is 5.18. The lowest BCUT2D eigenvalue weighted by atomic mass is 9.68. The van der Waals surface area contributed by atoms with Gasteiger partial charge in [0.2, 0.25) is 0 Å². The summed E-state index contributed by atoms with van der Waals surface area (Å²) in [7, 11) is 3.62. The number of nitrogens with zero attached hydrogens (tertiary/aromatic N) is 2. The van der Waals surface area contributed by atoms with Gasteiger partial charge < -0.3 is 19.7 Å². The molecule has 6 heteroatoms. The van der Waals surface area contributed by atoms with Gasteiger partial charge in [0.15, 0.2) is 5.96 Å². The van der Waals surface area contributed by atoms with E-state index in [-0.39, 0.29) is 5.41 Å². The van der Waals surface area contributed by atoms with E-state index in [1.807, 2.05) is 19.2 Å². The summed E-state index contributed by atoms with van der Waals surface area (Å²) >= 11 is 6.36. The van der Waals surface area contributed by atoms with Gasteiger partial charge in [0, 0.05) is 55.9 Å². The minimum atomic E-state index is -0.0711. The van der Waals surface area contributed by atoms with E-state index < -0.39 is 0 Å². The van der Waals surface area contributed by atoms with Gasteiger partial charge in [-0.15, -0.1) is 0 Å². The summed E-state index contributed by atoms with van der Waals surface area (Å²) in [6.45, 7) is 4.56. The molecule has 1 aromatic carbocycles. The number of benzene rings is 1. The molecule has 5 nitrogen and oxygen atoms in total. The number of hydrogen-bond acceptors (Lipinski definition) is 3. The summed E-state index contributed by atoms with van der Waals surface area (Å²) in [5, 5.41) is 4.45. The van der Waals surface area contributed by atoms with Crippen LogP contribution in [0.25, 0.3) is 0 Å². The van der Waals surface area contributed by atoms with E-state index in [9.17, 15) is 0 Å². The molecule has 0 radical (unpaired) electrons. The van der Waals surface area contributed by atoms with Crippen molar-refractivity contribution in [3.8, 4) is 5.75 Å². The third-order valence-corrected chi connectivity index (χ3v) is 7.37. The lowest BCUT2D eigenvalue weighted by Gasteiger charge is -2.40. The molecule has 0 unspecified atom stereocenters. The van der Waals surface area contributed by atoms with Crippen molar-refractivity contribution in [1.29, 1.82) is 0 Å². The molecule has 4 rings (SSSR count). The van der Waals surface area contributed by atoms with Crippen LogP contribution in [-0.2, 0) is 10.2 Å². The van der Waals surface area contributed by atoms with Gasteiger partial charge >= 0.3 is 0 Å². The molecule has 1 N–H and O–H groups in total. The highest BCUT2D eigenvalue weighted by Gasteiger charge is 2.44. The molecular formula is C22H32ClN3O2. The number of nitrogens with one attached hydrogen (secondary N) is 1. The number of halogens is 1. The van der Waals surface area contributed by atoms with Crippen molar-refractivity contribution in [3.63, 3.8) is 0 Å². The van der Waals surface area contributed by atoms with E-state index in [0.717, 1.165) is 62.4 Å². The standard InChI is InChI=1S/C22H32ClN3O2/c1-24-20(26-11-8-21(16-26)6-3-7-21)25-15-22(9-12-28-13-10-22)18-14-17(23)4-5-19(18)27-2/h4-5,14H,3,6-13,15-16H2,1-2H3,(H,24,25). The van der Waals surface area contributed by atoms with Crippen molar-refractivity contribution in [1.82, 2.24) is 10.2 Å². The monoisotopic (exact) mass is 405 g/mol. The van der Waals surface area contributed by atoms with Crippen LogP contribution >= 0.6 is 11.6 Å². The molecule has 0 bridgehead atoms. The number of likely N-dealkylation sites (tertiary alicyclic amines) is 1. The van der Waals surface area contributed by atoms with Crippen molar-refractivity contribution in [2.75, 3.05) is 47.0 Å². The Hall–Kier alpha value is -1.46. The Kier molecular flexibility index (Phi) is 5.75. The van der Waals surface area contributed by atoms with Gasteiger partial charge in [0.1, 0.15) is 5.75 Å². The van der Waals surface area contributed by atoms with E-state index in [0.29, 0.717) is 5.41 Å². The van der Waals surface area contributed by atoms with Gasteiger partial charge in [-0.25, -0.2) is 0 Å². The molecule has 1 aliphatic carbocycles. The Bertz CT molecular complexity index is 726. The minimum absolute atomic E-state index is 0.0711. The molecule has 28 heavy (non-hydrogen) atoms. The van der Waals surface area contributed by atoms with Crippen molar-refractivity contribution in [3.05, 3.63) is 28.8 Å². The summed E-state index contributed by atoms with van der Waals surface area (Å²) in [6.07, 6.45) is 7.32. The van der Waals surface area contributed by atoms with Crippen LogP contribution in [0.5, 0.6) is 5.75 Å². The predicted molar refractivity (Wildman–Crippen MR) is 114 cm³/mol. The fourth-order valence-corrected chi connectivity index (χ4v) is 5.35. The highest BCUT2D eigenvalue weighted by Crippen LogP contribution is 2.48. The lowest BCUT2D eigenvalue weighted by Crippen LogP contribution is -2.49. The first-order valence-corrected chi connectivity index (χ1v) is 10.9. The van der Waals surface area contributed by atoms with E-state index in [2.05, 4.69) is 21.3 Å². The van der Waals surface area contributed by atoms with Crippen LogP contribution in [-0.4, -0.2) is 57.9 Å². The van der Waals surface area contributed by atoms with Crippen molar-refractivity contribution in [2.24, 2.45) is 10.4 Å². The van der Waals surface area contributed by atoms with Gasteiger partial charge in [-0.2, -0.15) is 0 Å². The van der Waals surface area contributed by atoms with Gasteiger partial charge in [0.25, 0.3) is 0 Å². The third-order valence-electron chi connectivity index (χ3n) is 7.13. The molecule has 3 fully saturated rings. The zero-order valence-corrected chi connectivity index (χ0v) is 17.9. The summed E-state index contributed by atoms with van der Waals surface area (Å²) < 4.78 is 11.4. The first-order valence-electron chi connectivity index (χ1n) is 10.5. The maximum absolute atomic E-state index is 6.36. The van der Waals surface area contributed by atoms with Crippen LogP contribution in [0.1, 0.15) is 44.1 Å². The topological polar surface area (TPSA) is 46.1 Å². The first kappa shape index (κ1) is 19.8. The molecule has 1 saturated carbocycles. The number of aliphatic imine (C=N–C) groups is 1. The second-order valence-electron chi connectivity index (χ2n) is 8.66. The third kappa shape index (κ3) is 3.71. The summed E-state index contributed by atoms with van der Waals surface area (Å²) in [5.41, 5.74) is 1.66. The van der Waals surface area contributed by atoms with Crippen molar-refractivity contribution < 1.29 is 9.47 Å². The quantitative estimate of drug-likeness (QED) is 0.610. The average Bonchev–Trinajstić information content (AvgIpc) is 3.15. The molecule has 2 aliphatic heterocycles. The van der Waals surface area contributed by atoms with Crippen LogP contribution in [0.2, 0.25) is 5.02 Å². The molecule has 154 valence electrons. The van der Waals surface area contributed by atoms with Gasteiger partial charge in [0.05, 0.1) is 7.11 Å². The van der Waals surface area contributed by atoms with Crippen LogP contribution < -0.4 is 10.1 Å². The Balaban J connectivity index is 1.53. The Morgan fingerprint density at radius 1 is 1.25 bits per heavy atom. The normalized spacial score (nSPS) is 23.5. The molecule has 0 aromatic heterocycles. The van der Waals surface area contributed by atoms with Gasteiger partial charge in [-0.1, -0.05) is 18.0 Å². The average molecular weight is 406 g/mol. The van der Waals surface area contributed by atoms with Crippen LogP contribution in [0.15, 0.2) is 23.2 Å². The number of methoxy groups -OCH3 is 1. The van der Waals surface area contributed by atoms with Crippen molar-refractivity contribution in [2.45, 2.75) is 43.9 Å². The maximum Gasteiger partial charge on any atom is 0.193 e. The number of ether oxygens (including phenoxy) is 2. The van der Waals surface area contributed by atoms with Crippen LogP contribution in [0, 0.1) is 5.41 Å². The Morgan fingerprint density at radius 2 is 2.04 bits per heavy atom. The van der Waals surface area contributed by atoms with Gasteiger partial charge in [-0.05, 0) is 55.7 Å². The first-order chi connectivity index (χ1) is 13.6. The second-order valence-corrected chi connectivity index (χ2v) is 9.10. The van der Waals surface area contributed by atoms with E-state index in [1.54, 1.807) is 7.11 Å². The number of guanidine groups is 1. The summed E-state index contributed by atoms with van der Waals surface area (Å²) in [6, 6.07) is 5.94. The molecule has 0 atom stereocenters. The van der Waals surface area contributed by atoms with Crippen LogP contribution in [0.3, 0.4) is 0 Å². The van der Waals surface area contributed by atoms with Crippen molar-refractivity contribution >= 4 is 17.6 Å². The summed E-state index contributed by atoms with van der Waals surface area (Å²) in [5.74, 6) is 1.92. The summed E-state index contributed by atoms with van der Waals surface area (Å²) in [4.78, 5) is 7.05. The van der Waals surface area contributed by atoms with Gasteiger partial charge in [-0.3, -0.25) is 4.99 Å². The molecule has 1 spiro atoms. The molecule has 0 amide bonds. The Morgan fingerprint density at radius 3 is 2.64 bits per heavy atom. The maximum atomic E-state index is 6.36. The zero-order valence-electron chi connectivity index (χ0n) is 17.1. The van der Waals surface area contributed by atoms with E-state index in [4.69, 9.17) is 21.1 Å². The van der Waals surface area contributed by atoms with E-state index in [1.165, 1.54) is 31.2 Å². The lowest BCUT2D eigenvalue weighted by molar-refractivity contribution is 0.0503. The molecular weight excluding hydrogens is 374 g/mol. The van der Waals surface area contributed by atoms with E-state index >= 15 is 0 Å². The minimum Gasteiger partial charge on any atom is -0.496 e. The highest BCUT2D eigenvalue weighted by molar-refractivity contribution is 6.30. The molecule has 3 aliphatic rings. The predicted octanol–water partition coefficient (Wildman–Crippen LogP) is 3.85. The highest BCUT2D eigenvalue weighted by atomic mass is 35.5. The zero-order chi connectivity index (χ0) is 19.6. The smallest absolute Gasteiger partial charge is 0.193 e. The number of hydrogen-bond donors (Lipinski definition) is 1. The second kappa shape index (κ2) is 8.11. The molecule has 1 aromatic rings. The Labute approximate surface area is 173 Å². The fraction of sp³-hybridized carbons (Fsp3) is 0.682. The molecule has 2 saturated heterocycles. The molecule has 2 heterocycles. The number of rotatable bonds is 4. The SMILES string of the molecule is CN=C(NCC1(c2cc(Cl)ccc2OC)CCOCC1)N1CCC2(CCC2)C1. The largest absolute Gasteiger partial charge is 0.496 e.